The second kappa shape index (κ2) is 5.38. The molecule has 0 saturated heterocycles. The van der Waals surface area contributed by atoms with Gasteiger partial charge in [-0.15, -0.1) is 0 Å². The molecule has 0 bridgehead atoms. The summed E-state index contributed by atoms with van der Waals surface area (Å²) in [6.07, 6.45) is -0.584. The van der Waals surface area contributed by atoms with Gasteiger partial charge in [-0.3, -0.25) is 10.6 Å². The average Bonchev–Trinajstić information content (AvgIpc) is 2.48. The Kier molecular flexibility index (Phi) is 3.41. The first kappa shape index (κ1) is 13.3. The number of nitrogens with zero attached hydrogens (tertiary/aromatic N) is 3. The van der Waals surface area contributed by atoms with Crippen LogP contribution in [0.3, 0.4) is 0 Å². The Morgan fingerprint density at radius 1 is 1.00 bits per heavy atom. The minimum atomic E-state index is -0.584. The van der Waals surface area contributed by atoms with Crippen molar-refractivity contribution in [1.29, 1.82) is 0 Å². The lowest BCUT2D eigenvalue weighted by atomic mass is 10.1. The van der Waals surface area contributed by atoms with Crippen LogP contribution in [0.25, 0.3) is 0 Å². The molecule has 0 spiro atoms. The maximum atomic E-state index is 6.16. The van der Waals surface area contributed by atoms with Crippen molar-refractivity contribution in [1.82, 2.24) is 0 Å². The first-order valence-electron chi connectivity index (χ1n) is 6.74. The molecule has 0 aromatic heterocycles. The number of amidine groups is 1. The molecular weight excluding hydrogens is 262 g/mol. The van der Waals surface area contributed by atoms with Gasteiger partial charge in [-0.2, -0.15) is 4.99 Å². The second-order valence-corrected chi connectivity index (χ2v) is 4.86. The van der Waals surface area contributed by atoms with Gasteiger partial charge in [0.25, 0.3) is 0 Å². The molecule has 0 saturated carbocycles. The molecule has 2 aromatic carbocycles. The summed E-state index contributed by atoms with van der Waals surface area (Å²) in [7, 11) is 0. The summed E-state index contributed by atoms with van der Waals surface area (Å²) in [5, 5.41) is 0. The third-order valence-corrected chi connectivity index (χ3v) is 3.40. The highest BCUT2D eigenvalue weighted by molar-refractivity contribution is 6.16. The minimum Gasteiger partial charge on any atom is -0.368 e. The summed E-state index contributed by atoms with van der Waals surface area (Å²) in [6, 6.07) is 17.8. The molecule has 1 aliphatic rings. The maximum absolute atomic E-state index is 6.16. The molecule has 1 aliphatic heterocycles. The van der Waals surface area contributed by atoms with E-state index in [-0.39, 0.29) is 5.96 Å². The molecular formula is C16H17N5. The van der Waals surface area contributed by atoms with Gasteiger partial charge in [0.05, 0.1) is 0 Å². The lowest BCUT2D eigenvalue weighted by molar-refractivity contribution is 0.721. The zero-order valence-electron chi connectivity index (χ0n) is 11.8. The van der Waals surface area contributed by atoms with Crippen LogP contribution >= 0.6 is 0 Å². The molecule has 1 atom stereocenters. The van der Waals surface area contributed by atoms with Gasteiger partial charge in [-0.25, -0.2) is 4.99 Å². The highest BCUT2D eigenvalue weighted by atomic mass is 15.4. The van der Waals surface area contributed by atoms with Crippen LogP contribution < -0.4 is 16.4 Å². The van der Waals surface area contributed by atoms with E-state index in [1.54, 1.807) is 0 Å². The summed E-state index contributed by atoms with van der Waals surface area (Å²) in [5.41, 5.74) is 15.0. The topological polar surface area (TPSA) is 80.0 Å². The number of guanidine groups is 1. The summed E-state index contributed by atoms with van der Waals surface area (Å²) in [4.78, 5) is 10.5. The van der Waals surface area contributed by atoms with Gasteiger partial charge >= 0.3 is 0 Å². The molecule has 2 aromatic rings. The molecule has 0 aliphatic carbocycles. The van der Waals surface area contributed by atoms with Gasteiger partial charge in [0, 0.05) is 11.3 Å². The van der Waals surface area contributed by atoms with E-state index in [1.807, 2.05) is 66.4 Å². The van der Waals surface area contributed by atoms with E-state index in [2.05, 4.69) is 9.98 Å². The molecule has 5 nitrogen and oxygen atoms in total. The van der Waals surface area contributed by atoms with Crippen molar-refractivity contribution in [2.45, 2.75) is 13.2 Å². The molecule has 3 rings (SSSR count). The molecule has 1 unspecified atom stereocenters. The van der Waals surface area contributed by atoms with Crippen LogP contribution in [0.1, 0.15) is 11.1 Å². The number of aryl methyl sites for hydroxylation is 1. The van der Waals surface area contributed by atoms with E-state index in [1.165, 1.54) is 0 Å². The smallest absolute Gasteiger partial charge is 0.220 e. The van der Waals surface area contributed by atoms with Crippen LogP contribution in [-0.4, -0.2) is 18.1 Å². The molecule has 5 heteroatoms. The van der Waals surface area contributed by atoms with E-state index in [0.717, 1.165) is 22.6 Å². The number of hydrogen-bond donors (Lipinski definition) is 2. The Bertz CT molecular complexity index is 706. The second-order valence-electron chi connectivity index (χ2n) is 4.86. The quantitative estimate of drug-likeness (QED) is 0.880. The number of nitrogens with two attached hydrogens (primary N) is 2. The summed E-state index contributed by atoms with van der Waals surface area (Å²) in [6.45, 7) is 2.04. The highest BCUT2D eigenvalue weighted by Crippen LogP contribution is 2.23. The summed E-state index contributed by atoms with van der Waals surface area (Å²) < 4.78 is 0. The van der Waals surface area contributed by atoms with E-state index < -0.39 is 6.29 Å². The van der Waals surface area contributed by atoms with Crippen LogP contribution in [0.4, 0.5) is 5.69 Å². The summed E-state index contributed by atoms with van der Waals surface area (Å²) in [5.74, 6) is 0.923. The lowest BCUT2D eigenvalue weighted by Gasteiger charge is -2.32. The Balaban J connectivity index is 2.14. The lowest BCUT2D eigenvalue weighted by Crippen LogP contribution is -2.49. The van der Waals surface area contributed by atoms with Crippen LogP contribution in [0.5, 0.6) is 0 Å². The molecule has 0 radical (unpaired) electrons. The Morgan fingerprint density at radius 3 is 2.38 bits per heavy atom. The van der Waals surface area contributed by atoms with E-state index in [4.69, 9.17) is 11.5 Å². The molecule has 0 fully saturated rings. The minimum absolute atomic E-state index is 0.202. The first-order chi connectivity index (χ1) is 10.2. The normalized spacial score (nSPS) is 18.2. The van der Waals surface area contributed by atoms with E-state index in [0.29, 0.717) is 0 Å². The zero-order chi connectivity index (χ0) is 14.8. The van der Waals surface area contributed by atoms with Gasteiger partial charge in [0.1, 0.15) is 5.84 Å². The van der Waals surface area contributed by atoms with Gasteiger partial charge in [0.15, 0.2) is 6.29 Å². The Hall–Kier alpha value is -2.66. The first-order valence-corrected chi connectivity index (χ1v) is 6.74. The number of benzene rings is 2. The fourth-order valence-electron chi connectivity index (χ4n) is 2.39. The predicted molar refractivity (Wildman–Crippen MR) is 86.2 cm³/mol. The molecule has 4 N–H and O–H groups in total. The standard InChI is InChI=1S/C16H17N5/c1-11-7-5-6-10-13(11)14-19-15(17)20-16(18)21(14)12-8-3-2-4-9-12/h2-10,16H,18H2,1H3,(H2,17,20). The van der Waals surface area contributed by atoms with Gasteiger partial charge < -0.3 is 5.73 Å². The van der Waals surface area contributed by atoms with Crippen molar-refractivity contribution < 1.29 is 0 Å². The number of rotatable bonds is 2. The van der Waals surface area contributed by atoms with Crippen molar-refractivity contribution in [2.24, 2.45) is 21.5 Å². The van der Waals surface area contributed by atoms with Crippen molar-refractivity contribution in [3.63, 3.8) is 0 Å². The number of para-hydroxylation sites is 1. The van der Waals surface area contributed by atoms with Crippen LogP contribution in [0.15, 0.2) is 64.6 Å². The third-order valence-electron chi connectivity index (χ3n) is 3.40. The van der Waals surface area contributed by atoms with E-state index in [9.17, 15) is 0 Å². The Labute approximate surface area is 123 Å². The van der Waals surface area contributed by atoms with Crippen molar-refractivity contribution in [3.8, 4) is 0 Å². The van der Waals surface area contributed by atoms with Gasteiger partial charge in [-0.1, -0.05) is 42.5 Å². The molecule has 106 valence electrons. The zero-order valence-corrected chi connectivity index (χ0v) is 11.8. The molecule has 0 amide bonds. The largest absolute Gasteiger partial charge is 0.368 e. The van der Waals surface area contributed by atoms with Crippen molar-refractivity contribution in [3.05, 3.63) is 65.7 Å². The highest BCUT2D eigenvalue weighted by Gasteiger charge is 2.26. The SMILES string of the molecule is Cc1ccccc1C1=NC(N)=NC(N)N1c1ccccc1. The third kappa shape index (κ3) is 2.51. The summed E-state index contributed by atoms with van der Waals surface area (Å²) >= 11 is 0. The van der Waals surface area contributed by atoms with Crippen LogP contribution in [0, 0.1) is 6.92 Å². The average molecular weight is 279 g/mol. The fraction of sp³-hybridized carbons (Fsp3) is 0.125. The fourth-order valence-corrected chi connectivity index (χ4v) is 2.39. The van der Waals surface area contributed by atoms with Crippen molar-refractivity contribution in [2.75, 3.05) is 4.90 Å². The van der Waals surface area contributed by atoms with Crippen LogP contribution in [0.2, 0.25) is 0 Å². The van der Waals surface area contributed by atoms with E-state index >= 15 is 0 Å². The molecule has 1 heterocycles. The maximum Gasteiger partial charge on any atom is 0.220 e. The van der Waals surface area contributed by atoms with Gasteiger partial charge in [-0.05, 0) is 24.6 Å². The van der Waals surface area contributed by atoms with Gasteiger partial charge in [0.2, 0.25) is 5.96 Å². The Morgan fingerprint density at radius 2 is 1.67 bits per heavy atom. The van der Waals surface area contributed by atoms with Crippen LogP contribution in [-0.2, 0) is 0 Å². The number of anilines is 1. The molecule has 21 heavy (non-hydrogen) atoms. The number of aliphatic imine (C=N–C) groups is 2. The number of hydrogen-bond acceptors (Lipinski definition) is 5. The predicted octanol–water partition coefficient (Wildman–Crippen LogP) is 1.82. The van der Waals surface area contributed by atoms with Crippen molar-refractivity contribution >= 4 is 17.5 Å². The monoisotopic (exact) mass is 279 g/mol.